The average Bonchev–Trinajstić information content (AvgIpc) is 3.94. The van der Waals surface area contributed by atoms with Gasteiger partial charge in [0.25, 0.3) is 0 Å². The molecular weight excluding hydrogens is 657 g/mol. The first-order valence-corrected chi connectivity index (χ1v) is 21.7. The maximum Gasteiger partial charge on any atom is 0.145 e. The molecular formula is C44H52O2S3. The summed E-state index contributed by atoms with van der Waals surface area (Å²) in [5.74, 6) is 1.98. The smallest absolute Gasteiger partial charge is 0.145 e. The number of hydrogen-bond donors (Lipinski definition) is 0. The van der Waals surface area contributed by atoms with E-state index in [2.05, 4.69) is 73.1 Å². The molecule has 7 aromatic rings. The van der Waals surface area contributed by atoms with Crippen LogP contribution in [0.1, 0.15) is 128 Å². The van der Waals surface area contributed by atoms with Crippen LogP contribution >= 0.6 is 34.0 Å². The number of hydrogen-bond acceptors (Lipinski definition) is 5. The molecule has 2 nitrogen and oxygen atoms in total. The number of rotatable bonds is 20. The van der Waals surface area contributed by atoms with Gasteiger partial charge in [-0.05, 0) is 96.1 Å². The Morgan fingerprint density at radius 3 is 1.29 bits per heavy atom. The summed E-state index contributed by atoms with van der Waals surface area (Å²) < 4.78 is 15.4. The van der Waals surface area contributed by atoms with Crippen molar-refractivity contribution in [1.82, 2.24) is 0 Å². The fourth-order valence-corrected chi connectivity index (χ4v) is 10.2. The van der Waals surface area contributed by atoms with Crippen LogP contribution in [0.4, 0.5) is 0 Å². The maximum atomic E-state index is 6.44. The van der Waals surface area contributed by atoms with E-state index in [0.717, 1.165) is 22.7 Å². The summed E-state index contributed by atoms with van der Waals surface area (Å²) in [6.07, 6.45) is 24.2. The molecule has 0 aliphatic carbocycles. The van der Waals surface area contributed by atoms with Crippen LogP contribution in [0.5, 0.6) is 0 Å². The molecule has 5 aromatic heterocycles. The minimum atomic E-state index is 0.971. The summed E-state index contributed by atoms with van der Waals surface area (Å²) in [6.45, 7) is 4.58. The third-order valence-electron chi connectivity index (χ3n) is 10.2. The number of benzene rings is 2. The van der Waals surface area contributed by atoms with Crippen LogP contribution in [0.25, 0.3) is 63.4 Å². The zero-order chi connectivity index (χ0) is 33.4. The van der Waals surface area contributed by atoms with Crippen molar-refractivity contribution >= 4 is 76.1 Å². The first kappa shape index (κ1) is 34.6. The van der Waals surface area contributed by atoms with Crippen molar-refractivity contribution in [3.8, 4) is 21.3 Å². The molecule has 49 heavy (non-hydrogen) atoms. The molecule has 0 unspecified atom stereocenters. The largest absolute Gasteiger partial charge is 0.455 e. The Balaban J connectivity index is 0.995. The van der Waals surface area contributed by atoms with Crippen molar-refractivity contribution in [1.29, 1.82) is 0 Å². The van der Waals surface area contributed by atoms with Gasteiger partial charge in [0.2, 0.25) is 0 Å². The summed E-state index contributed by atoms with van der Waals surface area (Å²) >= 11 is 5.46. The van der Waals surface area contributed by atoms with Crippen molar-refractivity contribution in [2.45, 2.75) is 129 Å². The number of unbranched alkanes of at least 4 members (excludes halogenated alkanes) is 14. The molecule has 2 aromatic carbocycles. The average molecular weight is 709 g/mol. The monoisotopic (exact) mass is 708 g/mol. The highest BCUT2D eigenvalue weighted by atomic mass is 32.1. The lowest BCUT2D eigenvalue weighted by atomic mass is 10.1. The standard InChI is InChI=1S/C44H52O2S3/c1-3-5-7-9-11-13-15-17-19-31-21-43(47-29-31)39-25-33-23-35-36-24-34-26-40(46-38(34)28-42(36)49-41(35)27-37(33)45-39)44-22-32(30-48-44)20-18-16-14-12-10-8-6-4-2/h21-30H,3-20H2,1-2H3. The Kier molecular flexibility index (Phi) is 11.9. The molecule has 0 amide bonds. The fourth-order valence-electron chi connectivity index (χ4n) is 7.29. The van der Waals surface area contributed by atoms with Gasteiger partial charge in [-0.25, -0.2) is 0 Å². The second-order valence-corrected chi connectivity index (χ2v) is 17.1. The lowest BCUT2D eigenvalue weighted by molar-refractivity contribution is 0.575. The van der Waals surface area contributed by atoms with Gasteiger partial charge in [0, 0.05) is 30.9 Å². The molecule has 0 aliphatic heterocycles. The predicted octanol–water partition coefficient (Wildman–Crippen LogP) is 16.4. The molecule has 5 heteroatoms. The zero-order valence-electron chi connectivity index (χ0n) is 29.5. The van der Waals surface area contributed by atoms with E-state index >= 15 is 0 Å². The summed E-state index contributed by atoms with van der Waals surface area (Å²) in [6, 6.07) is 18.3. The number of furan rings is 2. The lowest BCUT2D eigenvalue weighted by Crippen LogP contribution is -1.84. The predicted molar refractivity (Wildman–Crippen MR) is 218 cm³/mol. The lowest BCUT2D eigenvalue weighted by Gasteiger charge is -2.00. The van der Waals surface area contributed by atoms with Crippen LogP contribution in [-0.4, -0.2) is 0 Å². The SMILES string of the molecule is CCCCCCCCCCc1csc(-c2cc3cc4c(cc3o2)sc2cc3oc(-c5cc(CCCCCCCCCC)cs5)cc3cc24)c1. The second-order valence-electron chi connectivity index (χ2n) is 14.2. The van der Waals surface area contributed by atoms with Gasteiger partial charge in [-0.15, -0.1) is 34.0 Å². The van der Waals surface area contributed by atoms with E-state index < -0.39 is 0 Å². The molecule has 5 heterocycles. The van der Waals surface area contributed by atoms with Crippen LogP contribution in [0.15, 0.2) is 68.1 Å². The Hall–Kier alpha value is -2.86. The maximum absolute atomic E-state index is 6.44. The first-order valence-electron chi connectivity index (χ1n) is 19.2. The first-order chi connectivity index (χ1) is 24.2. The van der Waals surface area contributed by atoms with Crippen LogP contribution < -0.4 is 0 Å². The summed E-state index contributed by atoms with van der Waals surface area (Å²) in [5, 5.41) is 9.61. The van der Waals surface area contributed by atoms with E-state index in [9.17, 15) is 0 Å². The highest BCUT2D eigenvalue weighted by Gasteiger charge is 2.16. The Bertz CT molecular complexity index is 1930. The number of aryl methyl sites for hydroxylation is 2. The minimum Gasteiger partial charge on any atom is -0.455 e. The van der Waals surface area contributed by atoms with Gasteiger partial charge in [0.05, 0.1) is 9.75 Å². The van der Waals surface area contributed by atoms with E-state index in [1.165, 1.54) is 167 Å². The van der Waals surface area contributed by atoms with Crippen LogP contribution in [0.3, 0.4) is 0 Å². The molecule has 0 saturated carbocycles. The third-order valence-corrected chi connectivity index (χ3v) is 13.3. The molecule has 0 N–H and O–H groups in total. The topological polar surface area (TPSA) is 26.3 Å². The van der Waals surface area contributed by atoms with Gasteiger partial charge in [-0.1, -0.05) is 104 Å². The van der Waals surface area contributed by atoms with Gasteiger partial charge < -0.3 is 8.83 Å². The Morgan fingerprint density at radius 2 is 0.857 bits per heavy atom. The summed E-state index contributed by atoms with van der Waals surface area (Å²) in [5.41, 5.74) is 4.84. The minimum absolute atomic E-state index is 0.971. The fraction of sp³-hybridized carbons (Fsp3) is 0.455. The van der Waals surface area contributed by atoms with E-state index in [1.807, 2.05) is 34.0 Å². The van der Waals surface area contributed by atoms with E-state index in [-0.39, 0.29) is 0 Å². The molecule has 0 spiro atoms. The highest BCUT2D eigenvalue weighted by molar-refractivity contribution is 7.26. The van der Waals surface area contributed by atoms with E-state index in [4.69, 9.17) is 8.83 Å². The van der Waals surface area contributed by atoms with Crippen LogP contribution in [-0.2, 0) is 12.8 Å². The van der Waals surface area contributed by atoms with Crippen molar-refractivity contribution in [3.63, 3.8) is 0 Å². The highest BCUT2D eigenvalue weighted by Crippen LogP contribution is 2.42. The number of fused-ring (bicyclic) bond motifs is 5. The van der Waals surface area contributed by atoms with Crippen LogP contribution in [0.2, 0.25) is 0 Å². The van der Waals surface area contributed by atoms with E-state index in [1.54, 1.807) is 0 Å². The van der Waals surface area contributed by atoms with Crippen molar-refractivity contribution in [2.75, 3.05) is 0 Å². The van der Waals surface area contributed by atoms with Crippen molar-refractivity contribution < 1.29 is 8.83 Å². The quantitative estimate of drug-likeness (QED) is 0.0737. The molecule has 0 aliphatic rings. The molecule has 0 bridgehead atoms. The molecule has 7 rings (SSSR count). The van der Waals surface area contributed by atoms with Gasteiger partial charge in [0.15, 0.2) is 0 Å². The Labute approximate surface area is 304 Å². The van der Waals surface area contributed by atoms with E-state index in [0.29, 0.717) is 0 Å². The summed E-state index contributed by atoms with van der Waals surface area (Å²) in [4.78, 5) is 2.47. The Morgan fingerprint density at radius 1 is 0.449 bits per heavy atom. The van der Waals surface area contributed by atoms with Gasteiger partial charge in [-0.2, -0.15) is 0 Å². The van der Waals surface area contributed by atoms with Crippen LogP contribution in [0, 0.1) is 0 Å². The zero-order valence-corrected chi connectivity index (χ0v) is 32.0. The summed E-state index contributed by atoms with van der Waals surface area (Å²) in [7, 11) is 0. The third kappa shape index (κ3) is 8.55. The molecule has 258 valence electrons. The second kappa shape index (κ2) is 16.9. The molecule has 0 atom stereocenters. The normalized spacial score (nSPS) is 12.1. The van der Waals surface area contributed by atoms with Gasteiger partial charge in [0.1, 0.15) is 22.7 Å². The van der Waals surface area contributed by atoms with Gasteiger partial charge in [-0.3, -0.25) is 0 Å². The van der Waals surface area contributed by atoms with Crippen molar-refractivity contribution in [3.05, 3.63) is 70.4 Å². The van der Waals surface area contributed by atoms with Gasteiger partial charge >= 0.3 is 0 Å². The molecule has 0 radical (unpaired) electrons. The van der Waals surface area contributed by atoms with Crippen molar-refractivity contribution in [2.24, 2.45) is 0 Å². The molecule has 0 saturated heterocycles. The molecule has 0 fully saturated rings. The number of thiophene rings is 3.